The van der Waals surface area contributed by atoms with E-state index in [0.29, 0.717) is 44.4 Å². The summed E-state index contributed by atoms with van der Waals surface area (Å²) in [5.41, 5.74) is 1.83. The lowest BCUT2D eigenvalue weighted by Gasteiger charge is -2.27. The Hall–Kier alpha value is -5.22. The lowest BCUT2D eigenvalue weighted by Crippen LogP contribution is -2.44. The van der Waals surface area contributed by atoms with Gasteiger partial charge in [-0.1, -0.05) is 23.4 Å². The summed E-state index contributed by atoms with van der Waals surface area (Å²) in [6.07, 6.45) is -0.431. The molecule has 1 aromatic carbocycles. The van der Waals surface area contributed by atoms with Crippen LogP contribution in [0, 0.1) is 18.3 Å². The van der Waals surface area contributed by atoms with E-state index in [9.17, 15) is 20.0 Å². The monoisotopic (exact) mass is 598 g/mol. The lowest BCUT2D eigenvalue weighted by atomic mass is 10.00. The molecule has 4 rings (SSSR count). The van der Waals surface area contributed by atoms with Gasteiger partial charge in [0, 0.05) is 5.56 Å². The molecule has 13 heteroatoms. The number of nitriles is 1. The van der Waals surface area contributed by atoms with Crippen LogP contribution in [0.5, 0.6) is 0 Å². The van der Waals surface area contributed by atoms with Gasteiger partial charge in [0.15, 0.2) is 0 Å². The predicted molar refractivity (Wildman–Crippen MR) is 160 cm³/mol. The minimum Gasteiger partial charge on any atom is -0.443 e. The van der Waals surface area contributed by atoms with Gasteiger partial charge in [-0.05, 0) is 78.3 Å². The van der Waals surface area contributed by atoms with Gasteiger partial charge in [0.2, 0.25) is 5.95 Å². The van der Waals surface area contributed by atoms with Crippen LogP contribution < -0.4 is 4.90 Å². The van der Waals surface area contributed by atoms with E-state index in [1.807, 2.05) is 0 Å². The molecule has 2 amide bonds. The molecule has 0 radical (unpaired) electrons. The third-order valence-electron chi connectivity index (χ3n) is 5.95. The van der Waals surface area contributed by atoms with Gasteiger partial charge < -0.3 is 14.6 Å². The number of benzene rings is 1. The molecule has 1 N–H and O–H groups in total. The smallest absolute Gasteiger partial charge is 0.427 e. The molecule has 4 aromatic rings. The zero-order valence-electron chi connectivity index (χ0n) is 25.7. The van der Waals surface area contributed by atoms with E-state index in [-0.39, 0.29) is 24.8 Å². The molecule has 0 spiro atoms. The Morgan fingerprint density at radius 2 is 1.52 bits per heavy atom. The lowest BCUT2D eigenvalue weighted by molar-refractivity contribution is 0.0427. The molecule has 13 nitrogen and oxygen atoms in total. The third-order valence-corrected chi connectivity index (χ3v) is 5.95. The van der Waals surface area contributed by atoms with Crippen LogP contribution in [0.25, 0.3) is 22.6 Å². The number of carbonyl (C=O) groups is 2. The molecule has 0 unspecified atom stereocenters. The summed E-state index contributed by atoms with van der Waals surface area (Å²) >= 11 is 0. The van der Waals surface area contributed by atoms with Gasteiger partial charge in [0.05, 0.1) is 53.8 Å². The second-order valence-corrected chi connectivity index (χ2v) is 11.9. The highest BCUT2D eigenvalue weighted by Crippen LogP contribution is 2.30. The number of pyridine rings is 1. The van der Waals surface area contributed by atoms with Crippen molar-refractivity contribution in [3.8, 4) is 28.7 Å². The Balaban J connectivity index is 1.87. The van der Waals surface area contributed by atoms with E-state index >= 15 is 0 Å². The highest BCUT2D eigenvalue weighted by molar-refractivity contribution is 6.08. The number of nitrogens with zero attached hydrogens (tertiary/aromatic N) is 8. The maximum Gasteiger partial charge on any atom is 0.427 e. The summed E-state index contributed by atoms with van der Waals surface area (Å²) in [7, 11) is 0. The van der Waals surface area contributed by atoms with Crippen molar-refractivity contribution < 1.29 is 24.2 Å². The van der Waals surface area contributed by atoms with Crippen LogP contribution in [0.4, 0.5) is 15.5 Å². The number of rotatable bonds is 6. The van der Waals surface area contributed by atoms with Crippen LogP contribution in [-0.4, -0.2) is 58.4 Å². The van der Waals surface area contributed by atoms with Crippen LogP contribution in [0.3, 0.4) is 0 Å². The Bertz CT molecular complexity index is 1700. The summed E-state index contributed by atoms with van der Waals surface area (Å²) in [4.78, 5) is 41.0. The van der Waals surface area contributed by atoms with Gasteiger partial charge >= 0.3 is 12.2 Å². The van der Waals surface area contributed by atoms with Crippen LogP contribution in [-0.2, 0) is 22.6 Å². The summed E-state index contributed by atoms with van der Waals surface area (Å²) < 4.78 is 12.6. The number of aromatic nitrogens is 6. The fraction of sp³-hybridized carbons (Fsp3) is 0.355. The molecule has 3 heterocycles. The fourth-order valence-corrected chi connectivity index (χ4v) is 4.06. The zero-order chi connectivity index (χ0) is 32.2. The summed E-state index contributed by atoms with van der Waals surface area (Å²) in [5, 5.41) is 27.5. The number of carbonyl (C=O) groups excluding carboxylic acids is 2. The molecular weight excluding hydrogens is 564 g/mol. The molecule has 0 bridgehead atoms. The number of imide groups is 1. The van der Waals surface area contributed by atoms with Gasteiger partial charge in [0.25, 0.3) is 0 Å². The average molecular weight is 599 g/mol. The van der Waals surface area contributed by atoms with Crippen LogP contribution in [0.2, 0.25) is 0 Å². The van der Waals surface area contributed by atoms with Crippen molar-refractivity contribution >= 4 is 18.1 Å². The van der Waals surface area contributed by atoms with Crippen molar-refractivity contribution in [2.24, 2.45) is 0 Å². The SMILES string of the molecule is Cc1c(C#N)cccc1-c1cc(-c2cn(Cc3cccc(CO)n3)nn2)nc(N(C(=O)OC(C)(C)C)C(=O)OC(C)(C)C)n1. The molecule has 3 aromatic heterocycles. The summed E-state index contributed by atoms with van der Waals surface area (Å²) in [6.45, 7) is 11.9. The Labute approximate surface area is 255 Å². The number of aliphatic hydroxyl groups is 1. The normalized spacial score (nSPS) is 11.5. The first-order chi connectivity index (χ1) is 20.7. The molecular formula is C31H34N8O5. The number of anilines is 1. The number of amides is 2. The van der Waals surface area contributed by atoms with E-state index in [4.69, 9.17) is 9.47 Å². The van der Waals surface area contributed by atoms with Crippen molar-refractivity contribution in [3.05, 3.63) is 71.2 Å². The number of hydrogen-bond acceptors (Lipinski definition) is 11. The van der Waals surface area contributed by atoms with Gasteiger partial charge in [-0.25, -0.2) is 24.2 Å². The van der Waals surface area contributed by atoms with Gasteiger partial charge in [0.1, 0.15) is 16.9 Å². The van der Waals surface area contributed by atoms with Crippen molar-refractivity contribution in [1.82, 2.24) is 29.9 Å². The first-order valence-electron chi connectivity index (χ1n) is 13.8. The summed E-state index contributed by atoms with van der Waals surface area (Å²) in [5.74, 6) is -0.311. The Morgan fingerprint density at radius 3 is 2.14 bits per heavy atom. The van der Waals surface area contributed by atoms with Gasteiger partial charge in [-0.15, -0.1) is 10.00 Å². The van der Waals surface area contributed by atoms with Crippen molar-refractivity contribution in [2.45, 2.75) is 72.8 Å². The predicted octanol–water partition coefficient (Wildman–Crippen LogP) is 5.19. The highest BCUT2D eigenvalue weighted by atomic mass is 16.6. The molecule has 0 fully saturated rings. The number of aliphatic hydroxyl groups excluding tert-OH is 1. The second kappa shape index (κ2) is 12.6. The van der Waals surface area contributed by atoms with Crippen molar-refractivity contribution in [2.75, 3.05) is 4.90 Å². The summed E-state index contributed by atoms with van der Waals surface area (Å²) in [6, 6.07) is 14.3. The van der Waals surface area contributed by atoms with E-state index in [0.717, 1.165) is 0 Å². The first-order valence-corrected chi connectivity index (χ1v) is 13.8. The molecule has 44 heavy (non-hydrogen) atoms. The van der Waals surface area contributed by atoms with Crippen molar-refractivity contribution in [3.63, 3.8) is 0 Å². The van der Waals surface area contributed by atoms with E-state index in [1.165, 1.54) is 0 Å². The van der Waals surface area contributed by atoms with Crippen molar-refractivity contribution in [1.29, 1.82) is 5.26 Å². The van der Waals surface area contributed by atoms with E-state index < -0.39 is 23.4 Å². The quantitative estimate of drug-likeness (QED) is 0.310. The first kappa shape index (κ1) is 31.7. The maximum atomic E-state index is 13.4. The van der Waals surface area contributed by atoms with Crippen LogP contribution in [0.1, 0.15) is 64.1 Å². The number of hydrogen-bond donors (Lipinski definition) is 1. The average Bonchev–Trinajstić information content (AvgIpc) is 3.39. The largest absolute Gasteiger partial charge is 0.443 e. The van der Waals surface area contributed by atoms with Crippen LogP contribution >= 0.6 is 0 Å². The number of ether oxygens (including phenoxy) is 2. The molecule has 228 valence electrons. The Kier molecular flexibility index (Phi) is 9.05. The van der Waals surface area contributed by atoms with Crippen LogP contribution in [0.15, 0.2) is 48.7 Å². The third kappa shape index (κ3) is 7.78. The Morgan fingerprint density at radius 1 is 0.909 bits per heavy atom. The highest BCUT2D eigenvalue weighted by Gasteiger charge is 2.35. The minimum absolute atomic E-state index is 0.193. The van der Waals surface area contributed by atoms with E-state index in [2.05, 4.69) is 31.3 Å². The van der Waals surface area contributed by atoms with E-state index in [1.54, 1.807) is 102 Å². The maximum absolute atomic E-state index is 13.4. The fourth-order valence-electron chi connectivity index (χ4n) is 4.06. The second-order valence-electron chi connectivity index (χ2n) is 11.9. The zero-order valence-corrected chi connectivity index (χ0v) is 25.7. The minimum atomic E-state index is -1.03. The standard InChI is InChI=1S/C31H34N8O5/c1-19-20(15-32)10-8-13-23(19)24-14-25(26-17-38(37-36-26)16-21-11-9-12-22(18-40)33-21)35-27(34-24)39(28(41)43-30(2,3)4)29(42)44-31(5,6)7/h8-14,17,40H,16,18H2,1-7H3. The molecule has 0 saturated heterocycles. The topological polar surface area (TPSA) is 169 Å². The van der Waals surface area contributed by atoms with Gasteiger partial charge in [-0.3, -0.25) is 4.98 Å². The molecule has 0 atom stereocenters. The van der Waals surface area contributed by atoms with Gasteiger partial charge in [-0.2, -0.15) is 5.26 Å². The molecule has 0 saturated carbocycles. The molecule has 0 aliphatic rings. The molecule has 0 aliphatic carbocycles. The molecule has 0 aliphatic heterocycles.